The number of thioether (sulfide) groups is 2. The highest BCUT2D eigenvalue weighted by Crippen LogP contribution is 2.51. The van der Waals surface area contributed by atoms with Gasteiger partial charge in [-0.25, -0.2) is 9.59 Å². The first-order chi connectivity index (χ1) is 15.6. The summed E-state index contributed by atoms with van der Waals surface area (Å²) in [5.41, 5.74) is 4.85. The molecule has 11 nitrogen and oxygen atoms in total. The van der Waals surface area contributed by atoms with E-state index in [1.165, 1.54) is 34.5 Å². The van der Waals surface area contributed by atoms with Crippen LogP contribution >= 0.6 is 23.5 Å². The largest absolute Gasteiger partial charge is 0.477 e. The van der Waals surface area contributed by atoms with Gasteiger partial charge in [0.25, 0.3) is 0 Å². The third-order valence-corrected chi connectivity index (χ3v) is 8.30. The highest BCUT2D eigenvalue weighted by Gasteiger charge is 2.60. The first-order valence-corrected chi connectivity index (χ1v) is 12.4. The summed E-state index contributed by atoms with van der Waals surface area (Å²) in [6, 6.07) is -0.121. The Balaban J connectivity index is 1.49. The molecule has 0 radical (unpaired) electrons. The lowest BCUT2D eigenvalue weighted by molar-refractivity contribution is -0.163. The van der Waals surface area contributed by atoms with Crippen molar-refractivity contribution in [2.75, 3.05) is 19.0 Å². The number of aliphatic hydroxyl groups excluding tert-OH is 1. The lowest BCUT2D eigenvalue weighted by Crippen LogP contribution is -2.63. The molecule has 0 saturated carbocycles. The number of carbonyl (C=O) groups excluding carboxylic acids is 3. The molecule has 2 saturated heterocycles. The number of carbonyl (C=O) groups is 4. The van der Waals surface area contributed by atoms with Crippen LogP contribution in [0.4, 0.5) is 4.79 Å². The van der Waals surface area contributed by atoms with Gasteiger partial charge < -0.3 is 36.2 Å². The van der Waals surface area contributed by atoms with E-state index in [1.54, 1.807) is 12.3 Å². The van der Waals surface area contributed by atoms with Crippen LogP contribution in [-0.2, 0) is 19.1 Å². The third kappa shape index (κ3) is 5.65. The number of amides is 3. The fourth-order valence-corrected chi connectivity index (χ4v) is 6.71. The Morgan fingerprint density at radius 2 is 2.15 bits per heavy atom. The van der Waals surface area contributed by atoms with Crippen LogP contribution < -0.4 is 16.4 Å². The van der Waals surface area contributed by atoms with E-state index in [4.69, 9.17) is 5.73 Å². The number of aliphatic carboxylic acids is 1. The van der Waals surface area contributed by atoms with Gasteiger partial charge in [0.2, 0.25) is 11.8 Å². The number of aliphatic hydroxyl groups is 1. The van der Waals surface area contributed by atoms with Gasteiger partial charge in [-0.15, -0.1) is 23.5 Å². The molecule has 2 fully saturated rings. The fraction of sp³-hybridized carbons (Fsp3) is 0.600. The maximum Gasteiger partial charge on any atom is 0.406 e. The van der Waals surface area contributed by atoms with Crippen molar-refractivity contribution in [1.82, 2.24) is 15.5 Å². The first-order valence-electron chi connectivity index (χ1n) is 10.5. The van der Waals surface area contributed by atoms with E-state index in [2.05, 4.69) is 15.4 Å². The summed E-state index contributed by atoms with van der Waals surface area (Å²) in [6.07, 6.45) is 0.359. The summed E-state index contributed by atoms with van der Waals surface area (Å²) in [5.74, 6) is -1.85. The number of ether oxygens (including phenoxy) is 1. The number of β-lactam (4-membered cyclic amide) rings is 1. The summed E-state index contributed by atoms with van der Waals surface area (Å²) in [4.78, 5) is 48.4. The highest BCUT2D eigenvalue weighted by molar-refractivity contribution is 8.03. The standard InChI is InChI=1S/C20H28N4O7S2/c1-9-15-14(10(2)25)18(27)24(15)16(19(28)29)17(9)33-12-5-11(22-6-12)7-32-4-3-13(26)23-8-31-20(21)30/h3-4,9-12,14-15,22,25H,5-8H2,1-2H3,(H2,21,30)(H,23,26)(H,28,29)/b4-3+/t9-,10-,11+,12+,14-,15?/m1/s1. The molecule has 3 aliphatic heterocycles. The van der Waals surface area contributed by atoms with Crippen molar-refractivity contribution in [1.29, 1.82) is 0 Å². The van der Waals surface area contributed by atoms with Gasteiger partial charge >= 0.3 is 12.1 Å². The number of rotatable bonds is 10. The zero-order chi connectivity index (χ0) is 24.3. The topological polar surface area (TPSA) is 171 Å². The molecule has 13 heteroatoms. The molecule has 6 N–H and O–H groups in total. The highest BCUT2D eigenvalue weighted by atomic mass is 32.2. The van der Waals surface area contributed by atoms with Crippen LogP contribution in [0.3, 0.4) is 0 Å². The number of primary amides is 1. The van der Waals surface area contributed by atoms with Crippen molar-refractivity contribution in [3.05, 3.63) is 22.1 Å². The van der Waals surface area contributed by atoms with Gasteiger partial charge in [0.15, 0.2) is 6.73 Å². The number of nitrogens with one attached hydrogen (secondary N) is 2. The Hall–Kier alpha value is -2.22. The number of nitrogens with zero attached hydrogens (tertiary/aromatic N) is 1. The molecule has 0 spiro atoms. The molecule has 3 rings (SSSR count). The van der Waals surface area contributed by atoms with Crippen LogP contribution in [0.15, 0.2) is 22.1 Å². The minimum atomic E-state index is -1.12. The molecule has 3 amide bonds. The summed E-state index contributed by atoms with van der Waals surface area (Å²) in [6.45, 7) is 3.89. The predicted octanol–water partition coefficient (Wildman–Crippen LogP) is 0.0197. The van der Waals surface area contributed by atoms with Crippen LogP contribution in [0, 0.1) is 11.8 Å². The van der Waals surface area contributed by atoms with Gasteiger partial charge in [0, 0.05) is 40.5 Å². The summed E-state index contributed by atoms with van der Waals surface area (Å²) in [5, 5.41) is 27.3. The average Bonchev–Trinajstić information content (AvgIpc) is 3.26. The Labute approximate surface area is 199 Å². The van der Waals surface area contributed by atoms with Crippen LogP contribution in [0.25, 0.3) is 0 Å². The molecule has 1 unspecified atom stereocenters. The van der Waals surface area contributed by atoms with Gasteiger partial charge in [0.1, 0.15) is 5.70 Å². The average molecular weight is 501 g/mol. The predicted molar refractivity (Wildman–Crippen MR) is 123 cm³/mol. The fourth-order valence-electron chi connectivity index (χ4n) is 4.38. The molecule has 33 heavy (non-hydrogen) atoms. The van der Waals surface area contributed by atoms with Crippen LogP contribution in [-0.4, -0.2) is 81.5 Å². The third-order valence-electron chi connectivity index (χ3n) is 5.86. The first kappa shape index (κ1) is 25.4. The zero-order valence-corrected chi connectivity index (χ0v) is 19.9. The summed E-state index contributed by atoms with van der Waals surface area (Å²) < 4.78 is 4.42. The van der Waals surface area contributed by atoms with E-state index in [0.717, 1.165) is 12.2 Å². The number of carboxylic acids is 1. The van der Waals surface area contributed by atoms with E-state index < -0.39 is 30.0 Å². The molecule has 6 atom stereocenters. The normalized spacial score (nSPS) is 29.7. The molecule has 0 aromatic rings. The Bertz CT molecular complexity index is 878. The number of hydrogen-bond acceptors (Lipinski definition) is 9. The van der Waals surface area contributed by atoms with Gasteiger partial charge in [-0.2, -0.15) is 0 Å². The molecule has 3 heterocycles. The number of carboxylic acid groups (broad SMARTS) is 1. The van der Waals surface area contributed by atoms with Gasteiger partial charge in [-0.1, -0.05) is 6.92 Å². The van der Waals surface area contributed by atoms with Crippen molar-refractivity contribution in [2.24, 2.45) is 17.6 Å². The lowest BCUT2D eigenvalue weighted by atomic mass is 9.79. The summed E-state index contributed by atoms with van der Waals surface area (Å²) >= 11 is 2.95. The number of hydrogen-bond donors (Lipinski definition) is 5. The SMILES string of the molecule is C[C@H]1C(S[C@@H]2CN[C@H](CS/C=C/C(=O)NCOC(N)=O)C2)=C(C(=O)O)N2C(=O)[C@H]([C@@H](C)O)C12. The lowest BCUT2D eigenvalue weighted by Gasteiger charge is -2.46. The van der Waals surface area contributed by atoms with Crippen LogP contribution in [0.2, 0.25) is 0 Å². The summed E-state index contributed by atoms with van der Waals surface area (Å²) in [7, 11) is 0. The molecule has 0 aromatic heterocycles. The maximum atomic E-state index is 12.4. The monoisotopic (exact) mass is 500 g/mol. The van der Waals surface area contributed by atoms with E-state index in [0.29, 0.717) is 11.4 Å². The second kappa shape index (κ2) is 10.8. The number of nitrogens with two attached hydrogens (primary N) is 1. The Kier molecular flexibility index (Phi) is 8.32. The Morgan fingerprint density at radius 3 is 2.79 bits per heavy atom. The second-order valence-electron chi connectivity index (χ2n) is 8.14. The molecule has 0 aliphatic carbocycles. The molecule has 3 aliphatic rings. The van der Waals surface area contributed by atoms with Gasteiger partial charge in [-0.05, 0) is 18.8 Å². The van der Waals surface area contributed by atoms with Crippen LogP contribution in [0.1, 0.15) is 20.3 Å². The van der Waals surface area contributed by atoms with E-state index >= 15 is 0 Å². The van der Waals surface area contributed by atoms with Crippen molar-refractivity contribution in [3.63, 3.8) is 0 Å². The van der Waals surface area contributed by atoms with Gasteiger partial charge in [0.05, 0.1) is 18.1 Å². The smallest absolute Gasteiger partial charge is 0.406 e. The van der Waals surface area contributed by atoms with E-state index in [1.807, 2.05) is 6.92 Å². The minimum absolute atomic E-state index is 0.0477. The molecular formula is C20H28N4O7S2. The minimum Gasteiger partial charge on any atom is -0.477 e. The number of fused-ring (bicyclic) bond motifs is 1. The molecule has 0 bridgehead atoms. The van der Waals surface area contributed by atoms with Crippen molar-refractivity contribution in [2.45, 2.75) is 43.7 Å². The van der Waals surface area contributed by atoms with E-state index in [-0.39, 0.29) is 41.6 Å². The molecular weight excluding hydrogens is 472 g/mol. The van der Waals surface area contributed by atoms with Crippen LogP contribution in [0.5, 0.6) is 0 Å². The van der Waals surface area contributed by atoms with Crippen molar-refractivity contribution in [3.8, 4) is 0 Å². The van der Waals surface area contributed by atoms with Crippen molar-refractivity contribution >= 4 is 47.4 Å². The molecule has 0 aromatic carbocycles. The molecule has 182 valence electrons. The van der Waals surface area contributed by atoms with Crippen molar-refractivity contribution < 1.29 is 34.1 Å². The van der Waals surface area contributed by atoms with Gasteiger partial charge in [-0.3, -0.25) is 9.59 Å². The van der Waals surface area contributed by atoms with E-state index in [9.17, 15) is 29.4 Å². The second-order valence-corrected chi connectivity index (χ2v) is 10.4. The Morgan fingerprint density at radius 1 is 1.42 bits per heavy atom. The maximum absolute atomic E-state index is 12.4. The zero-order valence-electron chi connectivity index (χ0n) is 18.2. The quantitative estimate of drug-likeness (QED) is 0.156.